The van der Waals surface area contributed by atoms with Crippen molar-refractivity contribution < 1.29 is 14.3 Å². The first-order chi connectivity index (χ1) is 16.5. The lowest BCUT2D eigenvalue weighted by atomic mass is 9.69. The second kappa shape index (κ2) is 9.02. The van der Waals surface area contributed by atoms with Crippen molar-refractivity contribution >= 4 is 5.91 Å². The van der Waals surface area contributed by atoms with Crippen LogP contribution in [0, 0.1) is 11.3 Å². The Balaban J connectivity index is 1.62. The van der Waals surface area contributed by atoms with Crippen LogP contribution in [0.1, 0.15) is 36.9 Å². The number of amides is 1. The fraction of sp³-hybridized carbons (Fsp3) is 0.300. The van der Waals surface area contributed by atoms with Gasteiger partial charge in [0.15, 0.2) is 0 Å². The average molecular weight is 454 g/mol. The summed E-state index contributed by atoms with van der Waals surface area (Å²) in [6.45, 7) is 2.72. The molecule has 1 saturated heterocycles. The summed E-state index contributed by atoms with van der Waals surface area (Å²) >= 11 is 0. The smallest absolute Gasteiger partial charge is 0.230 e. The lowest BCUT2D eigenvalue weighted by Gasteiger charge is -2.32. The highest BCUT2D eigenvalue weighted by atomic mass is 16.5. The standard InChI is InChI=1S/C30H31NO3/c1-30-18-8-7-11-26(30)28(31(29(30)32)20-21-9-5-4-6-10-21)25-19-23(14-17-27(25)34-3)22-12-15-24(33-2)16-13-22/h4-7,9-17,19,26,28H,8,18,20H2,1-3H3. The minimum absolute atomic E-state index is 0.0949. The molecule has 5 rings (SSSR count). The summed E-state index contributed by atoms with van der Waals surface area (Å²) in [5.74, 6) is 1.97. The Morgan fingerprint density at radius 3 is 2.38 bits per heavy atom. The van der Waals surface area contributed by atoms with Crippen LogP contribution in [0.25, 0.3) is 11.1 Å². The molecule has 1 heterocycles. The van der Waals surface area contributed by atoms with Gasteiger partial charge in [-0.3, -0.25) is 4.79 Å². The second-order valence-electron chi connectivity index (χ2n) is 9.46. The molecule has 4 heteroatoms. The zero-order chi connectivity index (χ0) is 23.7. The van der Waals surface area contributed by atoms with E-state index in [1.165, 1.54) is 0 Å². The number of carbonyl (C=O) groups is 1. The van der Waals surface area contributed by atoms with Crippen LogP contribution >= 0.6 is 0 Å². The summed E-state index contributed by atoms with van der Waals surface area (Å²) in [5.41, 5.74) is 3.98. The fourth-order valence-electron chi connectivity index (χ4n) is 5.60. The van der Waals surface area contributed by atoms with Crippen LogP contribution in [0.5, 0.6) is 11.5 Å². The van der Waals surface area contributed by atoms with Crippen LogP contribution in [0.3, 0.4) is 0 Å². The molecule has 1 amide bonds. The third-order valence-electron chi connectivity index (χ3n) is 7.50. The topological polar surface area (TPSA) is 38.8 Å². The lowest BCUT2D eigenvalue weighted by Crippen LogP contribution is -2.34. The molecule has 0 aromatic heterocycles. The molecule has 0 bridgehead atoms. The minimum Gasteiger partial charge on any atom is -0.497 e. The largest absolute Gasteiger partial charge is 0.497 e. The molecule has 0 spiro atoms. The Bertz CT molecular complexity index is 1200. The van der Waals surface area contributed by atoms with Crippen LogP contribution < -0.4 is 9.47 Å². The van der Waals surface area contributed by atoms with Crippen molar-refractivity contribution in [3.05, 3.63) is 96.1 Å². The van der Waals surface area contributed by atoms with Crippen LogP contribution in [0.4, 0.5) is 0 Å². The first kappa shape index (κ1) is 22.3. The van der Waals surface area contributed by atoms with Gasteiger partial charge in [-0.15, -0.1) is 0 Å². The van der Waals surface area contributed by atoms with Gasteiger partial charge in [-0.1, -0.05) is 67.6 Å². The summed E-state index contributed by atoms with van der Waals surface area (Å²) < 4.78 is 11.2. The molecule has 1 fully saturated rings. The SMILES string of the molecule is COc1ccc(-c2ccc(OC)c(C3C4C=CCCC4(C)C(=O)N3Cc3ccccc3)c2)cc1. The molecule has 4 nitrogen and oxygen atoms in total. The number of nitrogens with zero attached hydrogens (tertiary/aromatic N) is 1. The van der Waals surface area contributed by atoms with Crippen molar-refractivity contribution in [2.75, 3.05) is 14.2 Å². The average Bonchev–Trinajstić information content (AvgIpc) is 3.10. The van der Waals surface area contributed by atoms with E-state index < -0.39 is 5.41 Å². The van der Waals surface area contributed by atoms with Gasteiger partial charge in [-0.2, -0.15) is 0 Å². The molecule has 0 saturated carbocycles. The van der Waals surface area contributed by atoms with E-state index >= 15 is 0 Å². The summed E-state index contributed by atoms with van der Waals surface area (Å²) in [4.78, 5) is 16.0. The molecule has 0 N–H and O–H groups in total. The van der Waals surface area contributed by atoms with Gasteiger partial charge in [0, 0.05) is 18.0 Å². The number of ether oxygens (including phenoxy) is 2. The zero-order valence-electron chi connectivity index (χ0n) is 20.0. The lowest BCUT2D eigenvalue weighted by molar-refractivity contribution is -0.137. The van der Waals surface area contributed by atoms with Gasteiger partial charge in [-0.05, 0) is 53.8 Å². The number of hydrogen-bond acceptors (Lipinski definition) is 3. The van der Waals surface area contributed by atoms with Crippen molar-refractivity contribution in [2.45, 2.75) is 32.4 Å². The summed E-state index contributed by atoms with van der Waals surface area (Å²) in [5, 5.41) is 0. The number of allylic oxidation sites excluding steroid dienone is 1. The van der Waals surface area contributed by atoms with E-state index in [-0.39, 0.29) is 17.9 Å². The van der Waals surface area contributed by atoms with Crippen molar-refractivity contribution in [1.29, 1.82) is 0 Å². The Hall–Kier alpha value is -3.53. The van der Waals surface area contributed by atoms with Gasteiger partial charge in [0.05, 0.1) is 25.7 Å². The highest BCUT2D eigenvalue weighted by molar-refractivity contribution is 5.87. The first-order valence-electron chi connectivity index (χ1n) is 11.9. The normalized spacial score (nSPS) is 23.6. The van der Waals surface area contributed by atoms with Crippen LogP contribution in [0.2, 0.25) is 0 Å². The van der Waals surface area contributed by atoms with Crippen LogP contribution in [0.15, 0.2) is 84.9 Å². The Morgan fingerprint density at radius 1 is 0.941 bits per heavy atom. The van der Waals surface area contributed by atoms with Crippen molar-refractivity contribution in [1.82, 2.24) is 4.90 Å². The quantitative estimate of drug-likeness (QED) is 0.404. The zero-order valence-corrected chi connectivity index (χ0v) is 20.0. The molecular weight excluding hydrogens is 422 g/mol. The third kappa shape index (κ3) is 3.77. The molecule has 3 atom stereocenters. The van der Waals surface area contributed by atoms with E-state index in [4.69, 9.17) is 9.47 Å². The molecule has 3 aromatic rings. The Morgan fingerprint density at radius 2 is 1.68 bits per heavy atom. The third-order valence-corrected chi connectivity index (χ3v) is 7.50. The van der Waals surface area contributed by atoms with Gasteiger partial charge in [0.1, 0.15) is 11.5 Å². The maximum atomic E-state index is 13.9. The molecule has 1 aliphatic heterocycles. The Labute approximate surface area is 201 Å². The maximum Gasteiger partial charge on any atom is 0.230 e. The number of carbonyl (C=O) groups excluding carboxylic acids is 1. The van der Waals surface area contributed by atoms with Crippen LogP contribution in [-0.2, 0) is 11.3 Å². The fourth-order valence-corrected chi connectivity index (χ4v) is 5.60. The van der Waals surface area contributed by atoms with E-state index in [0.717, 1.165) is 46.6 Å². The second-order valence-corrected chi connectivity index (χ2v) is 9.46. The number of benzene rings is 3. The number of likely N-dealkylation sites (tertiary alicyclic amines) is 1. The van der Waals surface area contributed by atoms with E-state index in [1.54, 1.807) is 14.2 Å². The van der Waals surface area contributed by atoms with Gasteiger partial charge in [0.25, 0.3) is 0 Å². The summed E-state index contributed by atoms with van der Waals surface area (Å²) in [7, 11) is 3.38. The maximum absolute atomic E-state index is 13.9. The van der Waals surface area contributed by atoms with E-state index in [1.807, 2.05) is 36.4 Å². The molecule has 3 aromatic carbocycles. The molecular formula is C30H31NO3. The molecule has 174 valence electrons. The Kier molecular flexibility index (Phi) is 5.91. The van der Waals surface area contributed by atoms with Gasteiger partial charge in [-0.25, -0.2) is 0 Å². The van der Waals surface area contributed by atoms with Crippen molar-refractivity contribution in [3.8, 4) is 22.6 Å². The van der Waals surface area contributed by atoms with Gasteiger partial charge >= 0.3 is 0 Å². The van der Waals surface area contributed by atoms with Crippen LogP contribution in [-0.4, -0.2) is 25.0 Å². The molecule has 1 aliphatic carbocycles. The predicted octanol–water partition coefficient (Wildman–Crippen LogP) is 6.43. The van der Waals surface area contributed by atoms with E-state index in [2.05, 4.69) is 60.4 Å². The highest BCUT2D eigenvalue weighted by Crippen LogP contribution is 2.56. The highest BCUT2D eigenvalue weighted by Gasteiger charge is 2.56. The first-order valence-corrected chi connectivity index (χ1v) is 11.9. The summed E-state index contributed by atoms with van der Waals surface area (Å²) in [6, 6.07) is 24.6. The molecule has 34 heavy (non-hydrogen) atoms. The number of hydrogen-bond donors (Lipinski definition) is 0. The number of methoxy groups -OCH3 is 2. The minimum atomic E-state index is -0.407. The van der Waals surface area contributed by atoms with Gasteiger partial charge in [0.2, 0.25) is 5.91 Å². The predicted molar refractivity (Wildman–Crippen MR) is 135 cm³/mol. The molecule has 3 unspecified atom stereocenters. The summed E-state index contributed by atoms with van der Waals surface area (Å²) in [6.07, 6.45) is 6.30. The van der Waals surface area contributed by atoms with Crippen molar-refractivity contribution in [2.24, 2.45) is 11.3 Å². The molecule has 0 radical (unpaired) electrons. The van der Waals surface area contributed by atoms with E-state index in [0.29, 0.717) is 6.54 Å². The van der Waals surface area contributed by atoms with Gasteiger partial charge < -0.3 is 14.4 Å². The number of fused-ring (bicyclic) bond motifs is 1. The van der Waals surface area contributed by atoms with E-state index in [9.17, 15) is 4.79 Å². The molecule has 2 aliphatic rings. The number of rotatable bonds is 6. The van der Waals surface area contributed by atoms with Crippen molar-refractivity contribution in [3.63, 3.8) is 0 Å². The monoisotopic (exact) mass is 453 g/mol.